The van der Waals surface area contributed by atoms with Gasteiger partial charge in [-0.25, -0.2) is 4.79 Å². The minimum Gasteiger partial charge on any atom is -0.462 e. The number of benzene rings is 1. The first-order valence-corrected chi connectivity index (χ1v) is 11.6. The van der Waals surface area contributed by atoms with E-state index in [0.29, 0.717) is 57.3 Å². The van der Waals surface area contributed by atoms with Crippen LogP contribution in [0.2, 0.25) is 5.02 Å². The molecule has 2 rings (SSSR count). The van der Waals surface area contributed by atoms with Gasteiger partial charge in [-0.3, -0.25) is 9.78 Å². The Kier molecular flexibility index (Phi) is 9.82. The van der Waals surface area contributed by atoms with Crippen molar-refractivity contribution in [3.8, 4) is 11.3 Å². The van der Waals surface area contributed by atoms with E-state index in [1.54, 1.807) is 18.2 Å². The summed E-state index contributed by atoms with van der Waals surface area (Å²) in [6.07, 6.45) is 2.17. The molecule has 0 fully saturated rings. The van der Waals surface area contributed by atoms with Gasteiger partial charge in [0, 0.05) is 23.6 Å². The quantitative estimate of drug-likeness (QED) is 0.492. The maximum absolute atomic E-state index is 13.1. The average Bonchev–Trinajstić information content (AvgIpc) is 2.72. The lowest BCUT2D eigenvalue weighted by molar-refractivity contribution is 0.0504. The highest BCUT2D eigenvalue weighted by Gasteiger charge is 2.28. The summed E-state index contributed by atoms with van der Waals surface area (Å²) in [5.74, 6) is 0.114. The van der Waals surface area contributed by atoms with Crippen LogP contribution >= 0.6 is 23.4 Å². The Morgan fingerprint density at radius 1 is 1.13 bits per heavy atom. The number of rotatable bonds is 10. The van der Waals surface area contributed by atoms with E-state index in [1.807, 2.05) is 26.8 Å². The molecule has 1 heterocycles. The topological polar surface area (TPSA) is 76.5 Å². The monoisotopic (exact) mass is 449 g/mol. The number of carbonyl (C=O) groups excluding carboxylic acids is 2. The normalized spacial score (nSPS) is 10.8. The Morgan fingerprint density at radius 2 is 1.90 bits per heavy atom. The predicted octanol–water partition coefficient (Wildman–Crippen LogP) is 5.35. The average molecular weight is 450 g/mol. The molecule has 0 aliphatic carbocycles. The Morgan fingerprint density at radius 3 is 2.50 bits per heavy atom. The number of esters is 1. The second kappa shape index (κ2) is 12.1. The Hall–Kier alpha value is -1.89. The number of hydrogen-bond acceptors (Lipinski definition) is 6. The summed E-state index contributed by atoms with van der Waals surface area (Å²) in [4.78, 5) is 30.8. The van der Waals surface area contributed by atoms with Gasteiger partial charge >= 0.3 is 5.97 Å². The fraction of sp³-hybridized carbons (Fsp3) is 0.435. The first-order chi connectivity index (χ1) is 14.5. The summed E-state index contributed by atoms with van der Waals surface area (Å²) in [5.41, 5.74) is 2.97. The van der Waals surface area contributed by atoms with Crippen molar-refractivity contribution in [3.05, 3.63) is 51.7 Å². The molecule has 0 spiro atoms. The van der Waals surface area contributed by atoms with Crippen LogP contribution in [0.25, 0.3) is 11.3 Å². The number of ether oxygens (including phenoxy) is 1. The van der Waals surface area contributed by atoms with Crippen molar-refractivity contribution in [1.82, 2.24) is 4.98 Å². The lowest BCUT2D eigenvalue weighted by Crippen LogP contribution is -2.19. The molecule has 0 atom stereocenters. The second-order valence-electron chi connectivity index (χ2n) is 6.73. The SMILES string of the molecule is CCCOC(=O)c1c(-c2cccc(Cl)c2)nc(CCO)c(C(=O)SCC)c1CCC. The molecule has 0 aliphatic heterocycles. The van der Waals surface area contributed by atoms with E-state index >= 15 is 0 Å². The molecule has 0 unspecified atom stereocenters. The zero-order valence-corrected chi connectivity index (χ0v) is 19.2. The van der Waals surface area contributed by atoms with Crippen molar-refractivity contribution in [2.75, 3.05) is 19.0 Å². The van der Waals surface area contributed by atoms with Crippen molar-refractivity contribution < 1.29 is 19.4 Å². The number of aliphatic hydroxyl groups is 1. The van der Waals surface area contributed by atoms with E-state index < -0.39 is 5.97 Å². The van der Waals surface area contributed by atoms with Crippen LogP contribution in [0, 0.1) is 0 Å². The Labute approximate surface area is 187 Å². The van der Waals surface area contributed by atoms with Crippen molar-refractivity contribution >= 4 is 34.4 Å². The zero-order valence-electron chi connectivity index (χ0n) is 17.7. The van der Waals surface area contributed by atoms with Gasteiger partial charge in [-0.05, 0) is 36.3 Å². The highest BCUT2D eigenvalue weighted by Crippen LogP contribution is 2.33. The fourth-order valence-electron chi connectivity index (χ4n) is 3.25. The molecule has 162 valence electrons. The van der Waals surface area contributed by atoms with Gasteiger partial charge in [0.25, 0.3) is 0 Å². The fourth-order valence-corrected chi connectivity index (χ4v) is 4.09. The van der Waals surface area contributed by atoms with Crippen molar-refractivity contribution in [2.45, 2.75) is 46.5 Å². The highest BCUT2D eigenvalue weighted by atomic mass is 35.5. The van der Waals surface area contributed by atoms with Gasteiger partial charge in [-0.1, -0.05) is 62.7 Å². The van der Waals surface area contributed by atoms with Gasteiger partial charge in [0.1, 0.15) is 0 Å². The number of halogens is 1. The van der Waals surface area contributed by atoms with Crippen LogP contribution in [-0.2, 0) is 17.6 Å². The molecule has 2 aromatic rings. The summed E-state index contributed by atoms with van der Waals surface area (Å²) >= 11 is 7.37. The van der Waals surface area contributed by atoms with E-state index in [9.17, 15) is 14.7 Å². The van der Waals surface area contributed by atoms with Crippen molar-refractivity contribution in [3.63, 3.8) is 0 Å². The maximum Gasteiger partial charge on any atom is 0.340 e. The largest absolute Gasteiger partial charge is 0.462 e. The number of hydrogen-bond donors (Lipinski definition) is 1. The molecular weight excluding hydrogens is 422 g/mol. The number of thioether (sulfide) groups is 1. The van der Waals surface area contributed by atoms with Crippen LogP contribution < -0.4 is 0 Å². The molecule has 1 aromatic heterocycles. The number of carbonyl (C=O) groups is 2. The van der Waals surface area contributed by atoms with E-state index in [0.717, 1.165) is 6.42 Å². The third-order valence-corrected chi connectivity index (χ3v) is 5.43. The van der Waals surface area contributed by atoms with Gasteiger partial charge in [-0.15, -0.1) is 0 Å². The standard InChI is InChI=1S/C23H28ClNO4S/c1-4-8-17-19(23(28)30-6-3)18(11-12-26)25-21(15-9-7-10-16(24)14-15)20(17)22(27)29-13-5-2/h7,9-10,14,26H,4-6,8,11-13H2,1-3H3. The van der Waals surface area contributed by atoms with Gasteiger partial charge < -0.3 is 9.84 Å². The van der Waals surface area contributed by atoms with E-state index in [-0.39, 0.29) is 24.7 Å². The second-order valence-corrected chi connectivity index (χ2v) is 8.40. The van der Waals surface area contributed by atoms with E-state index in [4.69, 9.17) is 21.3 Å². The Balaban J connectivity index is 2.87. The van der Waals surface area contributed by atoms with Crippen LogP contribution in [0.15, 0.2) is 24.3 Å². The minimum absolute atomic E-state index is 0.140. The molecule has 0 radical (unpaired) electrons. The van der Waals surface area contributed by atoms with E-state index in [1.165, 1.54) is 11.8 Å². The molecule has 0 aliphatic rings. The number of nitrogens with zero attached hydrogens (tertiary/aromatic N) is 1. The summed E-state index contributed by atoms with van der Waals surface area (Å²) in [6, 6.07) is 7.10. The van der Waals surface area contributed by atoms with Crippen molar-refractivity contribution in [1.29, 1.82) is 0 Å². The van der Waals surface area contributed by atoms with Crippen LogP contribution in [0.3, 0.4) is 0 Å². The number of aliphatic hydroxyl groups excluding tert-OH is 1. The lowest BCUT2D eigenvalue weighted by atomic mass is 9.92. The smallest absolute Gasteiger partial charge is 0.340 e. The first kappa shape index (κ1) is 24.4. The van der Waals surface area contributed by atoms with Crippen LogP contribution in [0.1, 0.15) is 65.6 Å². The van der Waals surface area contributed by atoms with Crippen LogP contribution in [-0.4, -0.2) is 40.1 Å². The summed E-state index contributed by atoms with van der Waals surface area (Å²) in [5, 5.41) is 9.98. The maximum atomic E-state index is 13.1. The molecule has 7 heteroatoms. The molecule has 1 N–H and O–H groups in total. The lowest BCUT2D eigenvalue weighted by Gasteiger charge is -2.20. The third-order valence-electron chi connectivity index (χ3n) is 4.44. The highest BCUT2D eigenvalue weighted by molar-refractivity contribution is 8.14. The van der Waals surface area contributed by atoms with Crippen LogP contribution in [0.4, 0.5) is 0 Å². The molecule has 1 aromatic carbocycles. The molecule has 30 heavy (non-hydrogen) atoms. The first-order valence-electron chi connectivity index (χ1n) is 10.2. The minimum atomic E-state index is -0.492. The van der Waals surface area contributed by atoms with Crippen LogP contribution in [0.5, 0.6) is 0 Å². The Bertz CT molecular complexity index is 901. The summed E-state index contributed by atoms with van der Waals surface area (Å²) < 4.78 is 5.47. The number of pyridine rings is 1. The molecule has 0 amide bonds. The summed E-state index contributed by atoms with van der Waals surface area (Å²) in [7, 11) is 0. The van der Waals surface area contributed by atoms with E-state index in [2.05, 4.69) is 0 Å². The zero-order chi connectivity index (χ0) is 22.1. The predicted molar refractivity (Wildman–Crippen MR) is 123 cm³/mol. The van der Waals surface area contributed by atoms with Gasteiger partial charge in [0.05, 0.1) is 29.1 Å². The van der Waals surface area contributed by atoms with Gasteiger partial charge in [-0.2, -0.15) is 0 Å². The van der Waals surface area contributed by atoms with Gasteiger partial charge in [0.15, 0.2) is 0 Å². The third kappa shape index (κ3) is 5.84. The summed E-state index contributed by atoms with van der Waals surface area (Å²) in [6.45, 7) is 5.95. The van der Waals surface area contributed by atoms with Gasteiger partial charge in [0.2, 0.25) is 5.12 Å². The number of aromatic nitrogens is 1. The molecule has 0 saturated carbocycles. The molecule has 5 nitrogen and oxygen atoms in total. The molecular formula is C23H28ClNO4S. The molecule has 0 bridgehead atoms. The molecule has 0 saturated heterocycles. The van der Waals surface area contributed by atoms with Crippen molar-refractivity contribution in [2.24, 2.45) is 0 Å².